The number of aryl methyl sites for hydroxylation is 1. The van der Waals surface area contributed by atoms with Gasteiger partial charge in [-0.05, 0) is 61.6 Å². The van der Waals surface area contributed by atoms with Crippen LogP contribution in [0.2, 0.25) is 0 Å². The van der Waals surface area contributed by atoms with Crippen LogP contribution in [0.4, 0.5) is 5.69 Å². The van der Waals surface area contributed by atoms with Crippen LogP contribution in [-0.2, 0) is 20.2 Å². The van der Waals surface area contributed by atoms with Gasteiger partial charge in [0, 0.05) is 0 Å². The average Bonchev–Trinajstić information content (AvgIpc) is 2.86. The standard InChI is InChI=1S/C29H35N3O4S/c1-7-36-27-11-9-8-10-26(27)32(37(34,35)25-18-12-21(2)13-19-25)20-28(33)31-30-22(3)23-14-16-24(17-15-23)29(4,5)6/h8-19H,7,20H2,1-6H3,(H,31,33)/b30-22-. The van der Waals surface area contributed by atoms with Crippen molar-refractivity contribution in [2.75, 3.05) is 17.5 Å². The van der Waals surface area contributed by atoms with Gasteiger partial charge in [0.1, 0.15) is 12.3 Å². The van der Waals surface area contributed by atoms with Crippen LogP contribution in [0.1, 0.15) is 51.3 Å². The fourth-order valence-electron chi connectivity index (χ4n) is 3.67. The number of carbonyl (C=O) groups excluding carboxylic acids is 1. The molecule has 0 heterocycles. The van der Waals surface area contributed by atoms with E-state index in [9.17, 15) is 13.2 Å². The van der Waals surface area contributed by atoms with Crippen LogP contribution in [0.3, 0.4) is 0 Å². The highest BCUT2D eigenvalue weighted by atomic mass is 32.2. The molecule has 0 spiro atoms. The lowest BCUT2D eigenvalue weighted by Gasteiger charge is -2.25. The second-order valence-electron chi connectivity index (χ2n) is 9.79. The van der Waals surface area contributed by atoms with E-state index in [1.807, 2.05) is 38.1 Å². The summed E-state index contributed by atoms with van der Waals surface area (Å²) in [6.45, 7) is 11.8. The van der Waals surface area contributed by atoms with E-state index >= 15 is 0 Å². The maximum absolute atomic E-state index is 13.7. The lowest BCUT2D eigenvalue weighted by molar-refractivity contribution is -0.119. The molecule has 8 heteroatoms. The predicted octanol–water partition coefficient (Wildman–Crippen LogP) is 5.43. The molecule has 0 fully saturated rings. The fraction of sp³-hybridized carbons (Fsp3) is 0.310. The molecule has 3 aromatic rings. The summed E-state index contributed by atoms with van der Waals surface area (Å²) in [6.07, 6.45) is 0. The number of nitrogens with zero attached hydrogens (tertiary/aromatic N) is 2. The van der Waals surface area contributed by atoms with E-state index in [0.717, 1.165) is 15.4 Å². The second kappa shape index (κ2) is 11.6. The molecule has 0 unspecified atom stereocenters. The number of hydrogen-bond donors (Lipinski definition) is 1. The maximum Gasteiger partial charge on any atom is 0.264 e. The predicted molar refractivity (Wildman–Crippen MR) is 149 cm³/mol. The summed E-state index contributed by atoms with van der Waals surface area (Å²) in [7, 11) is -4.07. The Bertz CT molecular complexity index is 1360. The summed E-state index contributed by atoms with van der Waals surface area (Å²) in [4.78, 5) is 13.1. The zero-order valence-corrected chi connectivity index (χ0v) is 23.1. The van der Waals surface area contributed by atoms with Gasteiger partial charge in [-0.3, -0.25) is 9.10 Å². The molecule has 3 rings (SSSR count). The second-order valence-corrected chi connectivity index (χ2v) is 11.6. The van der Waals surface area contributed by atoms with Crippen molar-refractivity contribution in [1.82, 2.24) is 5.43 Å². The number of anilines is 1. The maximum atomic E-state index is 13.7. The number of rotatable bonds is 9. The third-order valence-electron chi connectivity index (χ3n) is 5.85. The lowest BCUT2D eigenvalue weighted by atomic mass is 9.86. The third-order valence-corrected chi connectivity index (χ3v) is 7.62. The molecule has 37 heavy (non-hydrogen) atoms. The van der Waals surface area contributed by atoms with Crippen molar-refractivity contribution in [2.45, 2.75) is 51.9 Å². The molecule has 0 saturated carbocycles. The molecule has 0 bridgehead atoms. The molecule has 1 amide bonds. The van der Waals surface area contributed by atoms with Crippen LogP contribution >= 0.6 is 0 Å². The molecule has 3 aromatic carbocycles. The normalized spacial score (nSPS) is 12.2. The number of nitrogens with one attached hydrogen (secondary N) is 1. The quantitative estimate of drug-likeness (QED) is 0.301. The smallest absolute Gasteiger partial charge is 0.264 e. The number of para-hydroxylation sites is 2. The lowest BCUT2D eigenvalue weighted by Crippen LogP contribution is -2.40. The summed E-state index contributed by atoms with van der Waals surface area (Å²) < 4.78 is 34.1. The van der Waals surface area contributed by atoms with Crippen molar-refractivity contribution >= 4 is 27.3 Å². The number of ether oxygens (including phenoxy) is 1. The number of amides is 1. The van der Waals surface area contributed by atoms with E-state index in [2.05, 4.69) is 31.3 Å². The number of hydrogen-bond acceptors (Lipinski definition) is 5. The minimum atomic E-state index is -4.07. The molecule has 1 N–H and O–H groups in total. The summed E-state index contributed by atoms with van der Waals surface area (Å²) in [5.41, 5.74) is 6.41. The highest BCUT2D eigenvalue weighted by Gasteiger charge is 2.29. The van der Waals surface area contributed by atoms with Gasteiger partial charge in [-0.15, -0.1) is 0 Å². The Morgan fingerprint density at radius 1 is 0.973 bits per heavy atom. The summed E-state index contributed by atoms with van der Waals surface area (Å²) in [5.74, 6) is -0.209. The first kappa shape index (κ1) is 27.9. The summed E-state index contributed by atoms with van der Waals surface area (Å²) in [6, 6.07) is 21.2. The van der Waals surface area contributed by atoms with E-state index in [-0.39, 0.29) is 16.0 Å². The Hall–Kier alpha value is -3.65. The highest BCUT2D eigenvalue weighted by molar-refractivity contribution is 7.92. The first-order chi connectivity index (χ1) is 17.4. The van der Waals surface area contributed by atoms with Gasteiger partial charge in [0.15, 0.2) is 0 Å². The number of hydrazone groups is 1. The monoisotopic (exact) mass is 521 g/mol. The van der Waals surface area contributed by atoms with Gasteiger partial charge in [0.25, 0.3) is 15.9 Å². The molecule has 0 aromatic heterocycles. The van der Waals surface area contributed by atoms with E-state index in [1.165, 1.54) is 17.7 Å². The number of sulfonamides is 1. The zero-order chi connectivity index (χ0) is 27.2. The Labute approximate surface area is 220 Å². The molecular formula is C29H35N3O4S. The van der Waals surface area contributed by atoms with Crippen LogP contribution in [0.5, 0.6) is 5.75 Å². The molecule has 0 atom stereocenters. The highest BCUT2D eigenvalue weighted by Crippen LogP contribution is 2.32. The molecule has 196 valence electrons. The van der Waals surface area contributed by atoms with Crippen molar-refractivity contribution in [3.8, 4) is 5.75 Å². The van der Waals surface area contributed by atoms with Gasteiger partial charge in [-0.1, -0.05) is 74.9 Å². The Kier molecular flexibility index (Phi) is 8.76. The molecule has 0 aliphatic rings. The van der Waals surface area contributed by atoms with Gasteiger partial charge >= 0.3 is 0 Å². The molecular weight excluding hydrogens is 486 g/mol. The SMILES string of the molecule is CCOc1ccccc1N(CC(=O)N/N=C(/C)c1ccc(C(C)(C)C)cc1)S(=O)(=O)c1ccc(C)cc1. The van der Waals surface area contributed by atoms with E-state index in [1.54, 1.807) is 43.3 Å². The average molecular weight is 522 g/mol. The van der Waals surface area contributed by atoms with Crippen molar-refractivity contribution in [3.63, 3.8) is 0 Å². The largest absolute Gasteiger partial charge is 0.492 e. The van der Waals surface area contributed by atoms with Crippen molar-refractivity contribution in [1.29, 1.82) is 0 Å². The van der Waals surface area contributed by atoms with Crippen LogP contribution < -0.4 is 14.5 Å². The summed E-state index contributed by atoms with van der Waals surface area (Å²) in [5, 5.41) is 4.22. The van der Waals surface area contributed by atoms with Gasteiger partial charge < -0.3 is 4.74 Å². The zero-order valence-electron chi connectivity index (χ0n) is 22.3. The van der Waals surface area contributed by atoms with Crippen molar-refractivity contribution < 1.29 is 17.9 Å². The van der Waals surface area contributed by atoms with Gasteiger partial charge in [0.05, 0.1) is 22.9 Å². The fourth-order valence-corrected chi connectivity index (χ4v) is 5.10. The molecule has 7 nitrogen and oxygen atoms in total. The van der Waals surface area contributed by atoms with Gasteiger partial charge in [0.2, 0.25) is 0 Å². The Balaban J connectivity index is 1.89. The van der Waals surface area contributed by atoms with E-state index in [4.69, 9.17) is 4.74 Å². The third kappa shape index (κ3) is 6.98. The summed E-state index contributed by atoms with van der Waals surface area (Å²) >= 11 is 0. The molecule has 0 aliphatic heterocycles. The number of carbonyl (C=O) groups is 1. The minimum Gasteiger partial charge on any atom is -0.492 e. The van der Waals surface area contributed by atoms with Crippen LogP contribution in [0.15, 0.2) is 82.8 Å². The topological polar surface area (TPSA) is 88.1 Å². The van der Waals surface area contributed by atoms with Crippen molar-refractivity contribution in [3.05, 3.63) is 89.5 Å². The minimum absolute atomic E-state index is 0.0297. The van der Waals surface area contributed by atoms with E-state index in [0.29, 0.717) is 18.1 Å². The van der Waals surface area contributed by atoms with Gasteiger partial charge in [-0.25, -0.2) is 13.8 Å². The first-order valence-electron chi connectivity index (χ1n) is 12.2. The van der Waals surface area contributed by atoms with Crippen LogP contribution in [0.25, 0.3) is 0 Å². The Morgan fingerprint density at radius 3 is 2.19 bits per heavy atom. The first-order valence-corrected chi connectivity index (χ1v) is 13.6. The molecule has 0 radical (unpaired) electrons. The van der Waals surface area contributed by atoms with Crippen LogP contribution in [-0.4, -0.2) is 33.2 Å². The molecule has 0 aliphatic carbocycles. The Morgan fingerprint density at radius 2 is 1.59 bits per heavy atom. The van der Waals surface area contributed by atoms with Crippen LogP contribution in [0, 0.1) is 6.92 Å². The van der Waals surface area contributed by atoms with Crippen molar-refractivity contribution in [2.24, 2.45) is 5.10 Å². The molecule has 0 saturated heterocycles. The van der Waals surface area contributed by atoms with Gasteiger partial charge in [-0.2, -0.15) is 5.10 Å². The number of benzene rings is 3. The van der Waals surface area contributed by atoms with E-state index < -0.39 is 22.5 Å².